The van der Waals surface area contributed by atoms with E-state index in [1.165, 1.54) is 13.2 Å². The molecule has 170 valence electrons. The molecule has 3 aliphatic rings. The number of nitrogens with one attached hydrogen (secondary N) is 1. The molecule has 1 atom stereocenters. The van der Waals surface area contributed by atoms with Crippen LogP contribution in [0, 0.1) is 11.8 Å². The van der Waals surface area contributed by atoms with Crippen molar-refractivity contribution in [3.05, 3.63) is 76.2 Å². The lowest BCUT2D eigenvalue weighted by molar-refractivity contribution is -0.141. The molecule has 0 spiro atoms. The van der Waals surface area contributed by atoms with Gasteiger partial charge >= 0.3 is 6.18 Å². The first-order valence-electron chi connectivity index (χ1n) is 10.5. The van der Waals surface area contributed by atoms with Crippen LogP contribution >= 0.6 is 0 Å². The van der Waals surface area contributed by atoms with Gasteiger partial charge in [-0.15, -0.1) is 0 Å². The number of methoxy groups -OCH3 is 1. The number of carbonyl (C=O) groups excluding carboxylic acids is 1. The molecule has 1 amide bonds. The number of halogens is 3. The first kappa shape index (κ1) is 21.4. The Morgan fingerprint density at radius 2 is 2.06 bits per heavy atom. The van der Waals surface area contributed by atoms with Crippen LogP contribution in [0.5, 0.6) is 5.75 Å². The number of nitrogens with zero attached hydrogens (tertiary/aromatic N) is 2. The Morgan fingerprint density at radius 1 is 1.24 bits per heavy atom. The summed E-state index contributed by atoms with van der Waals surface area (Å²) in [6.07, 6.45) is 2.51. The maximum Gasteiger partial charge on any atom is 0.433 e. The van der Waals surface area contributed by atoms with Crippen molar-refractivity contribution in [2.24, 2.45) is 16.8 Å². The summed E-state index contributed by atoms with van der Waals surface area (Å²) in [5, 5.41) is 4.02. The second kappa shape index (κ2) is 8.15. The number of fused-ring (bicyclic) bond motifs is 2. The standard InChI is InChI=1S/C24H20F3N3O3/c1-32-19-8-7-16-21(15-6-5-13(10-18(15)28-16)9-14-11-33-12-14)22(19)30-23(31)17-3-2-4-20(29-17)24(25,26)27/h2-8,10,13-14H,9,11-12H2,1H3,(H,30,31). The van der Waals surface area contributed by atoms with Crippen LogP contribution in [0.2, 0.25) is 0 Å². The van der Waals surface area contributed by atoms with Crippen LogP contribution in [-0.4, -0.2) is 31.2 Å². The molecule has 9 heteroatoms. The largest absolute Gasteiger partial charge is 0.495 e. The molecule has 1 aromatic carbocycles. The van der Waals surface area contributed by atoms with Gasteiger partial charge in [0.25, 0.3) is 5.91 Å². The van der Waals surface area contributed by atoms with Crippen molar-refractivity contribution in [2.45, 2.75) is 12.6 Å². The molecule has 2 aromatic rings. The van der Waals surface area contributed by atoms with Crippen LogP contribution in [0.3, 0.4) is 0 Å². The molecule has 1 unspecified atom stereocenters. The van der Waals surface area contributed by atoms with Gasteiger partial charge in [-0.2, -0.15) is 13.2 Å². The van der Waals surface area contributed by atoms with Gasteiger partial charge in [0, 0.05) is 16.7 Å². The number of amides is 1. The minimum Gasteiger partial charge on any atom is -0.495 e. The molecule has 33 heavy (non-hydrogen) atoms. The second-order valence-corrected chi connectivity index (χ2v) is 8.14. The van der Waals surface area contributed by atoms with Gasteiger partial charge in [0.05, 0.1) is 37.1 Å². The predicted molar refractivity (Wildman–Crippen MR) is 114 cm³/mol. The van der Waals surface area contributed by atoms with E-state index in [1.807, 2.05) is 6.08 Å². The molecule has 1 saturated heterocycles. The Morgan fingerprint density at radius 3 is 2.76 bits per heavy atom. The van der Waals surface area contributed by atoms with Crippen molar-refractivity contribution < 1.29 is 27.4 Å². The smallest absolute Gasteiger partial charge is 0.433 e. The fourth-order valence-corrected chi connectivity index (χ4v) is 4.17. The van der Waals surface area contributed by atoms with Crippen LogP contribution in [0.4, 0.5) is 18.9 Å². The minimum absolute atomic E-state index is 0.241. The van der Waals surface area contributed by atoms with Crippen molar-refractivity contribution in [3.63, 3.8) is 0 Å². The van der Waals surface area contributed by atoms with E-state index in [-0.39, 0.29) is 11.6 Å². The van der Waals surface area contributed by atoms with Crippen LogP contribution in [0.25, 0.3) is 5.57 Å². The van der Waals surface area contributed by atoms with E-state index >= 15 is 0 Å². The Bertz CT molecular complexity index is 1310. The van der Waals surface area contributed by atoms with Crippen LogP contribution in [0.1, 0.15) is 22.6 Å². The lowest BCUT2D eigenvalue weighted by Gasteiger charge is -2.28. The summed E-state index contributed by atoms with van der Waals surface area (Å²) in [4.78, 5) is 21.0. The number of allylic oxidation sites excluding steroid dienone is 3. The number of hydrogen-bond acceptors (Lipinski definition) is 5. The van der Waals surface area contributed by atoms with Gasteiger partial charge in [-0.25, -0.2) is 9.98 Å². The summed E-state index contributed by atoms with van der Waals surface area (Å²) in [6, 6.07) is 6.67. The highest BCUT2D eigenvalue weighted by molar-refractivity contribution is 6.04. The average Bonchev–Trinajstić information content (AvgIpc) is 3.14. The fourth-order valence-electron chi connectivity index (χ4n) is 4.17. The van der Waals surface area contributed by atoms with E-state index in [2.05, 4.69) is 22.5 Å². The highest BCUT2D eigenvalue weighted by Crippen LogP contribution is 2.32. The van der Waals surface area contributed by atoms with Gasteiger partial charge in [0.2, 0.25) is 0 Å². The van der Waals surface area contributed by atoms with Crippen LogP contribution in [0.15, 0.2) is 59.2 Å². The molecule has 2 aliphatic heterocycles. The van der Waals surface area contributed by atoms with E-state index in [9.17, 15) is 18.0 Å². The summed E-state index contributed by atoms with van der Waals surface area (Å²) in [5.41, 5.74) is 0.503. The number of anilines is 1. The molecule has 0 saturated carbocycles. The molecule has 6 nitrogen and oxygen atoms in total. The summed E-state index contributed by atoms with van der Waals surface area (Å²) >= 11 is 0. The van der Waals surface area contributed by atoms with Gasteiger partial charge in [-0.05, 0) is 36.6 Å². The summed E-state index contributed by atoms with van der Waals surface area (Å²) in [5.74, 6) is 0.385. The monoisotopic (exact) mass is 455 g/mol. The number of alkyl halides is 3. The third kappa shape index (κ3) is 4.04. The number of benzene rings is 1. The quantitative estimate of drug-likeness (QED) is 0.752. The van der Waals surface area contributed by atoms with E-state index in [1.54, 1.807) is 12.1 Å². The first-order valence-corrected chi connectivity index (χ1v) is 10.5. The predicted octanol–water partition coefficient (Wildman–Crippen LogP) is 3.25. The van der Waals surface area contributed by atoms with Crippen LogP contribution in [-0.2, 0) is 10.9 Å². The third-order valence-electron chi connectivity index (χ3n) is 5.86. The lowest BCUT2D eigenvalue weighted by Crippen LogP contribution is -2.30. The van der Waals surface area contributed by atoms with E-state index in [0.717, 1.165) is 43.0 Å². The Hall–Kier alpha value is -3.46. The zero-order valence-electron chi connectivity index (χ0n) is 17.6. The van der Waals surface area contributed by atoms with Crippen LogP contribution < -0.4 is 20.6 Å². The molecule has 1 N–H and O–H groups in total. The molecule has 1 aromatic heterocycles. The highest BCUT2D eigenvalue weighted by Gasteiger charge is 2.33. The average molecular weight is 455 g/mol. The van der Waals surface area contributed by atoms with Crippen molar-refractivity contribution in [1.29, 1.82) is 0 Å². The number of ether oxygens (including phenoxy) is 2. The number of carbonyl (C=O) groups is 1. The summed E-state index contributed by atoms with van der Waals surface area (Å²) in [6.45, 7) is 1.55. The van der Waals surface area contributed by atoms with E-state index in [0.29, 0.717) is 27.9 Å². The third-order valence-corrected chi connectivity index (χ3v) is 5.86. The number of rotatable bonds is 5. The molecule has 3 heterocycles. The van der Waals surface area contributed by atoms with Crippen molar-refractivity contribution in [3.8, 4) is 5.75 Å². The maximum atomic E-state index is 13.0. The Kier molecular flexibility index (Phi) is 5.28. The zero-order valence-corrected chi connectivity index (χ0v) is 17.6. The molecule has 0 radical (unpaired) electrons. The van der Waals surface area contributed by atoms with Gasteiger partial charge in [0.1, 0.15) is 17.1 Å². The SMILES string of the molecule is COc1ccc2c(c1NC(=O)c1cccc(C(F)(F)F)n1)=C1C=CC(CC3COC3)C=C1N=2. The van der Waals surface area contributed by atoms with Gasteiger partial charge in [-0.1, -0.05) is 24.3 Å². The van der Waals surface area contributed by atoms with E-state index < -0.39 is 17.8 Å². The van der Waals surface area contributed by atoms with Crippen molar-refractivity contribution >= 4 is 17.2 Å². The number of hydrogen-bond donors (Lipinski definition) is 1. The van der Waals surface area contributed by atoms with Crippen molar-refractivity contribution in [1.82, 2.24) is 4.98 Å². The second-order valence-electron chi connectivity index (χ2n) is 8.14. The molecule has 1 fully saturated rings. The zero-order chi connectivity index (χ0) is 23.2. The topological polar surface area (TPSA) is 72.8 Å². The van der Waals surface area contributed by atoms with Gasteiger partial charge in [0.15, 0.2) is 0 Å². The molecular formula is C24H20F3N3O3. The lowest BCUT2D eigenvalue weighted by atomic mass is 9.88. The first-order chi connectivity index (χ1) is 15.8. The van der Waals surface area contributed by atoms with E-state index in [4.69, 9.17) is 14.5 Å². The molecular weight excluding hydrogens is 435 g/mol. The Labute approximate surface area is 187 Å². The summed E-state index contributed by atoms with van der Waals surface area (Å²) in [7, 11) is 1.46. The van der Waals surface area contributed by atoms with Gasteiger partial charge < -0.3 is 14.8 Å². The Balaban J connectivity index is 1.51. The molecule has 1 aliphatic carbocycles. The normalized spacial score (nSPS) is 19.2. The number of pyridine rings is 1. The highest BCUT2D eigenvalue weighted by atomic mass is 19.4. The van der Waals surface area contributed by atoms with Gasteiger partial charge in [-0.3, -0.25) is 4.79 Å². The summed E-state index contributed by atoms with van der Waals surface area (Å²) < 4.78 is 49.8. The maximum absolute atomic E-state index is 13.0. The minimum atomic E-state index is -4.65. The molecule has 0 bridgehead atoms. The number of aromatic nitrogens is 1. The van der Waals surface area contributed by atoms with Crippen molar-refractivity contribution in [2.75, 3.05) is 25.6 Å². The fraction of sp³-hybridized carbons (Fsp3) is 0.292. The molecule has 5 rings (SSSR count).